The van der Waals surface area contributed by atoms with E-state index in [-0.39, 0.29) is 12.0 Å². The average molecular weight is 275 g/mol. The van der Waals surface area contributed by atoms with Crippen LogP contribution in [0.5, 0.6) is 0 Å². The maximum absolute atomic E-state index is 12.3. The van der Waals surface area contributed by atoms with Gasteiger partial charge in [0.05, 0.1) is 23.9 Å². The van der Waals surface area contributed by atoms with Crippen LogP contribution in [-0.4, -0.2) is 47.0 Å². The number of aromatic nitrogens is 2. The fraction of sp³-hybridized carbons (Fsp3) is 0.467. The van der Waals surface area contributed by atoms with Gasteiger partial charge in [-0.2, -0.15) is 0 Å². The van der Waals surface area contributed by atoms with Gasteiger partial charge >= 0.3 is 0 Å². The summed E-state index contributed by atoms with van der Waals surface area (Å²) in [6.45, 7) is 4.47. The summed E-state index contributed by atoms with van der Waals surface area (Å²) >= 11 is 0. The van der Waals surface area contributed by atoms with Gasteiger partial charge < -0.3 is 14.0 Å². The summed E-state index contributed by atoms with van der Waals surface area (Å²) in [5.41, 5.74) is 2.72. The summed E-state index contributed by atoms with van der Waals surface area (Å²) in [5, 5.41) is 0. The van der Waals surface area contributed by atoms with E-state index in [1.165, 1.54) is 0 Å². The highest BCUT2D eigenvalue weighted by atomic mass is 16.5. The summed E-state index contributed by atoms with van der Waals surface area (Å²) in [7, 11) is 3.45. The summed E-state index contributed by atoms with van der Waals surface area (Å²) in [6, 6.07) is 5.83. The van der Waals surface area contributed by atoms with E-state index >= 15 is 0 Å². The van der Waals surface area contributed by atoms with Crippen molar-refractivity contribution in [3.05, 3.63) is 35.8 Å². The van der Waals surface area contributed by atoms with Gasteiger partial charge in [0.2, 0.25) is 5.91 Å². The van der Waals surface area contributed by atoms with Crippen molar-refractivity contribution in [2.75, 3.05) is 20.7 Å². The molecule has 2 aromatic heterocycles. The highest BCUT2D eigenvalue weighted by molar-refractivity contribution is 5.78. The fourth-order valence-corrected chi connectivity index (χ4v) is 2.22. The summed E-state index contributed by atoms with van der Waals surface area (Å²) in [5.74, 6) is 0.0719. The Morgan fingerprint density at radius 3 is 2.95 bits per heavy atom. The maximum Gasteiger partial charge on any atom is 0.228 e. The van der Waals surface area contributed by atoms with Crippen LogP contribution in [-0.2, 0) is 16.0 Å². The molecule has 0 spiro atoms. The predicted octanol–water partition coefficient (Wildman–Crippen LogP) is 1.68. The minimum absolute atomic E-state index is 0.0345. The molecule has 1 atom stereocenters. The number of pyridine rings is 1. The van der Waals surface area contributed by atoms with Crippen LogP contribution in [0.25, 0.3) is 5.65 Å². The highest BCUT2D eigenvalue weighted by Gasteiger charge is 2.17. The van der Waals surface area contributed by atoms with Crippen molar-refractivity contribution in [3.8, 4) is 0 Å². The number of amides is 1. The van der Waals surface area contributed by atoms with Crippen LogP contribution in [0, 0.1) is 6.92 Å². The first-order valence-electron chi connectivity index (χ1n) is 6.72. The Hall–Kier alpha value is -1.88. The molecule has 5 nitrogen and oxygen atoms in total. The van der Waals surface area contributed by atoms with Crippen LogP contribution in [0.3, 0.4) is 0 Å². The molecule has 0 aliphatic rings. The number of ether oxygens (including phenoxy) is 1. The molecule has 0 N–H and O–H groups in total. The van der Waals surface area contributed by atoms with Gasteiger partial charge in [0.1, 0.15) is 5.65 Å². The van der Waals surface area contributed by atoms with E-state index in [4.69, 9.17) is 4.74 Å². The number of hydrogen-bond acceptors (Lipinski definition) is 3. The van der Waals surface area contributed by atoms with Crippen LogP contribution in [0.4, 0.5) is 0 Å². The molecule has 108 valence electrons. The van der Waals surface area contributed by atoms with Gasteiger partial charge in [-0.1, -0.05) is 6.07 Å². The number of hydrogen-bond donors (Lipinski definition) is 0. The van der Waals surface area contributed by atoms with E-state index in [0.717, 1.165) is 17.0 Å². The number of aryl methyl sites for hydroxylation is 1. The van der Waals surface area contributed by atoms with Crippen molar-refractivity contribution in [1.82, 2.24) is 14.3 Å². The monoisotopic (exact) mass is 275 g/mol. The van der Waals surface area contributed by atoms with E-state index in [1.807, 2.05) is 42.6 Å². The topological polar surface area (TPSA) is 46.8 Å². The van der Waals surface area contributed by atoms with E-state index < -0.39 is 0 Å². The molecule has 0 aliphatic heterocycles. The van der Waals surface area contributed by atoms with Gasteiger partial charge in [0.15, 0.2) is 0 Å². The minimum atomic E-state index is 0.0345. The van der Waals surface area contributed by atoms with Crippen molar-refractivity contribution in [1.29, 1.82) is 0 Å². The Balaban J connectivity index is 2.15. The molecule has 0 aliphatic carbocycles. The first-order chi connectivity index (χ1) is 9.52. The molecule has 0 saturated heterocycles. The Morgan fingerprint density at radius 1 is 1.50 bits per heavy atom. The molecule has 2 heterocycles. The molecule has 0 radical (unpaired) electrons. The minimum Gasteiger partial charge on any atom is -0.380 e. The summed E-state index contributed by atoms with van der Waals surface area (Å²) in [4.78, 5) is 18.5. The lowest BCUT2D eigenvalue weighted by Gasteiger charge is -2.20. The number of nitrogens with zero attached hydrogens (tertiary/aromatic N) is 3. The van der Waals surface area contributed by atoms with Crippen molar-refractivity contribution in [2.45, 2.75) is 26.4 Å². The molecule has 2 rings (SSSR count). The third-order valence-corrected chi connectivity index (χ3v) is 3.51. The van der Waals surface area contributed by atoms with E-state index in [0.29, 0.717) is 13.0 Å². The lowest BCUT2D eigenvalue weighted by Crippen LogP contribution is -2.35. The second-order valence-electron chi connectivity index (χ2n) is 5.07. The van der Waals surface area contributed by atoms with Gasteiger partial charge in [0, 0.05) is 26.9 Å². The van der Waals surface area contributed by atoms with Gasteiger partial charge in [0.25, 0.3) is 0 Å². The Morgan fingerprint density at radius 2 is 2.25 bits per heavy atom. The zero-order valence-corrected chi connectivity index (χ0v) is 12.5. The van der Waals surface area contributed by atoms with Gasteiger partial charge in [-0.25, -0.2) is 4.98 Å². The van der Waals surface area contributed by atoms with E-state index in [9.17, 15) is 4.79 Å². The van der Waals surface area contributed by atoms with Gasteiger partial charge in [-0.05, 0) is 26.0 Å². The zero-order chi connectivity index (χ0) is 14.7. The first-order valence-corrected chi connectivity index (χ1v) is 6.72. The Labute approximate surface area is 119 Å². The second kappa shape index (κ2) is 6.05. The number of carbonyl (C=O) groups excluding carboxylic acids is 1. The smallest absolute Gasteiger partial charge is 0.228 e. The summed E-state index contributed by atoms with van der Waals surface area (Å²) < 4.78 is 7.16. The van der Waals surface area contributed by atoms with Crippen LogP contribution < -0.4 is 0 Å². The molecule has 2 aromatic rings. The molecular formula is C15H21N3O2. The van der Waals surface area contributed by atoms with Crippen LogP contribution in [0.1, 0.15) is 18.3 Å². The number of likely N-dealkylation sites (N-methyl/N-ethyl adjacent to an activating group) is 1. The average Bonchev–Trinajstić information content (AvgIpc) is 2.75. The van der Waals surface area contributed by atoms with Crippen molar-refractivity contribution in [3.63, 3.8) is 0 Å². The van der Waals surface area contributed by atoms with Crippen LogP contribution >= 0.6 is 0 Å². The maximum atomic E-state index is 12.3. The predicted molar refractivity (Wildman–Crippen MR) is 77.7 cm³/mol. The molecule has 0 bridgehead atoms. The van der Waals surface area contributed by atoms with Crippen molar-refractivity contribution < 1.29 is 9.53 Å². The molecule has 5 heteroatoms. The van der Waals surface area contributed by atoms with Crippen LogP contribution in [0.2, 0.25) is 0 Å². The van der Waals surface area contributed by atoms with Gasteiger partial charge in [-0.15, -0.1) is 0 Å². The first kappa shape index (κ1) is 14.5. The number of methoxy groups -OCH3 is 1. The fourth-order valence-electron chi connectivity index (χ4n) is 2.22. The molecule has 0 aromatic carbocycles. The standard InChI is InChI=1S/C15H21N3O2/c1-11(20-4)10-17(3)15(19)9-13-12(2)16-14-7-5-6-8-18(13)14/h5-8,11H,9-10H2,1-4H3/t11-/m1/s1. The Kier molecular flexibility index (Phi) is 4.39. The molecule has 0 saturated carbocycles. The van der Waals surface area contributed by atoms with Crippen LogP contribution in [0.15, 0.2) is 24.4 Å². The molecule has 20 heavy (non-hydrogen) atoms. The lowest BCUT2D eigenvalue weighted by molar-refractivity contribution is -0.130. The molecule has 0 fully saturated rings. The third kappa shape index (κ3) is 2.99. The quantitative estimate of drug-likeness (QED) is 0.834. The lowest BCUT2D eigenvalue weighted by atomic mass is 10.2. The van der Waals surface area contributed by atoms with Crippen molar-refractivity contribution >= 4 is 11.6 Å². The third-order valence-electron chi connectivity index (χ3n) is 3.51. The van der Waals surface area contributed by atoms with E-state index in [2.05, 4.69) is 4.98 Å². The Bertz CT molecular complexity index is 606. The SMILES string of the molecule is CO[C@H](C)CN(C)C(=O)Cc1c(C)nc2ccccn12. The normalized spacial score (nSPS) is 12.6. The number of imidazole rings is 1. The largest absolute Gasteiger partial charge is 0.380 e. The number of carbonyl (C=O) groups is 1. The van der Waals surface area contributed by atoms with Gasteiger partial charge in [-0.3, -0.25) is 4.79 Å². The highest BCUT2D eigenvalue weighted by Crippen LogP contribution is 2.13. The zero-order valence-electron chi connectivity index (χ0n) is 12.5. The van der Waals surface area contributed by atoms with Crippen molar-refractivity contribution in [2.24, 2.45) is 0 Å². The second-order valence-corrected chi connectivity index (χ2v) is 5.07. The molecule has 1 amide bonds. The number of fused-ring (bicyclic) bond motifs is 1. The van der Waals surface area contributed by atoms with E-state index in [1.54, 1.807) is 19.1 Å². The number of rotatable bonds is 5. The molecule has 0 unspecified atom stereocenters. The molecular weight excluding hydrogens is 254 g/mol. The summed E-state index contributed by atoms with van der Waals surface area (Å²) in [6.07, 6.45) is 2.33.